The minimum absolute atomic E-state index is 0.0314. The van der Waals surface area contributed by atoms with E-state index in [1.54, 1.807) is 13.0 Å². The third-order valence-corrected chi connectivity index (χ3v) is 5.59. The summed E-state index contributed by atoms with van der Waals surface area (Å²) in [4.78, 5) is 27.2. The standard InChI is InChI=1S/C23H25F3N6O2/c1-14(20(30-13-27)31-22-28-7-2-8-29-22)32(12-15-3-4-15)21(33)16-9-17(23(24,25)26)11-19(10-16)34-18-5-6-18/h2,7-11,13-15,18H,3-6,12H2,1H3,(H2,27,28,29,30,31). The number of hydrogen-bond acceptors (Lipinski definition) is 5. The van der Waals surface area contributed by atoms with E-state index in [4.69, 9.17) is 10.1 Å². The highest BCUT2D eigenvalue weighted by molar-refractivity contribution is 6.05. The Morgan fingerprint density at radius 1 is 1.26 bits per heavy atom. The van der Waals surface area contributed by atoms with Crippen LogP contribution in [-0.4, -0.2) is 51.6 Å². The van der Waals surface area contributed by atoms with Crippen LogP contribution in [0.25, 0.3) is 0 Å². The number of hydrogen-bond donors (Lipinski definition) is 2. The van der Waals surface area contributed by atoms with Crippen molar-refractivity contribution in [1.82, 2.24) is 14.9 Å². The zero-order valence-corrected chi connectivity index (χ0v) is 18.5. The van der Waals surface area contributed by atoms with E-state index in [1.165, 1.54) is 23.4 Å². The maximum absolute atomic E-state index is 13.6. The molecular formula is C23H25F3N6O2. The van der Waals surface area contributed by atoms with Crippen LogP contribution in [-0.2, 0) is 6.18 Å². The van der Waals surface area contributed by atoms with Crippen molar-refractivity contribution in [2.45, 2.75) is 50.9 Å². The number of nitrogens with zero attached hydrogens (tertiary/aromatic N) is 4. The van der Waals surface area contributed by atoms with Crippen LogP contribution in [0.3, 0.4) is 0 Å². The van der Waals surface area contributed by atoms with Crippen molar-refractivity contribution in [2.75, 3.05) is 11.9 Å². The Labute approximate surface area is 194 Å². The molecule has 0 spiro atoms. The summed E-state index contributed by atoms with van der Waals surface area (Å²) in [5.41, 5.74) is -1.04. The molecule has 2 aliphatic carbocycles. The summed E-state index contributed by atoms with van der Waals surface area (Å²) in [7, 11) is 0. The smallest absolute Gasteiger partial charge is 0.416 e. The lowest BCUT2D eigenvalue weighted by atomic mass is 10.1. The van der Waals surface area contributed by atoms with Crippen LogP contribution in [0.5, 0.6) is 5.75 Å². The lowest BCUT2D eigenvalue weighted by Crippen LogP contribution is -2.47. The molecular weight excluding hydrogens is 449 g/mol. The van der Waals surface area contributed by atoms with Gasteiger partial charge in [0.2, 0.25) is 5.95 Å². The Morgan fingerprint density at radius 3 is 2.56 bits per heavy atom. The second-order valence-corrected chi connectivity index (χ2v) is 8.48. The summed E-state index contributed by atoms with van der Waals surface area (Å²) in [6, 6.07) is 4.11. The van der Waals surface area contributed by atoms with Gasteiger partial charge >= 0.3 is 6.18 Å². The average molecular weight is 474 g/mol. The fourth-order valence-electron chi connectivity index (χ4n) is 3.43. The molecule has 180 valence electrons. The van der Waals surface area contributed by atoms with Crippen molar-refractivity contribution in [3.05, 3.63) is 47.8 Å². The molecule has 2 N–H and O–H groups in total. The van der Waals surface area contributed by atoms with Crippen molar-refractivity contribution in [3.63, 3.8) is 0 Å². The van der Waals surface area contributed by atoms with Gasteiger partial charge in [0.05, 0.1) is 17.7 Å². The molecule has 2 aromatic rings. The Morgan fingerprint density at radius 2 is 1.97 bits per heavy atom. The summed E-state index contributed by atoms with van der Waals surface area (Å²) in [5.74, 6) is 0.182. The van der Waals surface area contributed by atoms with Crippen LogP contribution in [0.1, 0.15) is 48.5 Å². The number of alkyl halides is 3. The van der Waals surface area contributed by atoms with Crippen LogP contribution in [0, 0.1) is 11.3 Å². The highest BCUT2D eigenvalue weighted by atomic mass is 19.4. The molecule has 0 radical (unpaired) electrons. The van der Waals surface area contributed by atoms with Gasteiger partial charge in [0, 0.05) is 24.5 Å². The summed E-state index contributed by atoms with van der Waals surface area (Å²) < 4.78 is 46.3. The van der Waals surface area contributed by atoms with E-state index in [0.717, 1.165) is 44.2 Å². The summed E-state index contributed by atoms with van der Waals surface area (Å²) in [5, 5.41) is 10.3. The predicted molar refractivity (Wildman–Crippen MR) is 120 cm³/mol. The van der Waals surface area contributed by atoms with Gasteiger partial charge in [0.15, 0.2) is 0 Å². The molecule has 0 bridgehead atoms. The number of rotatable bonds is 9. The predicted octanol–water partition coefficient (Wildman–Crippen LogP) is 4.39. The molecule has 1 amide bonds. The Hall–Kier alpha value is -3.50. The quantitative estimate of drug-likeness (QED) is 0.414. The first-order chi connectivity index (χ1) is 16.2. The number of benzene rings is 1. The minimum atomic E-state index is -4.62. The molecule has 8 nitrogen and oxygen atoms in total. The van der Waals surface area contributed by atoms with Gasteiger partial charge in [-0.05, 0) is 62.8 Å². The number of nitrogens with one attached hydrogen (secondary N) is 2. The fraction of sp³-hybridized carbons (Fsp3) is 0.435. The zero-order valence-electron chi connectivity index (χ0n) is 18.5. The molecule has 2 fully saturated rings. The summed E-state index contributed by atoms with van der Waals surface area (Å²) >= 11 is 0. The first kappa shape index (κ1) is 23.7. The molecule has 34 heavy (non-hydrogen) atoms. The number of aromatic nitrogens is 2. The normalized spacial score (nSPS) is 17.1. The highest BCUT2D eigenvalue weighted by Gasteiger charge is 2.36. The average Bonchev–Trinajstić information content (AvgIpc) is 3.73. The first-order valence-electron chi connectivity index (χ1n) is 11.0. The van der Waals surface area contributed by atoms with E-state index in [9.17, 15) is 18.0 Å². The number of halogens is 3. The first-order valence-corrected chi connectivity index (χ1v) is 11.0. The van der Waals surface area contributed by atoms with Gasteiger partial charge in [0.25, 0.3) is 5.91 Å². The highest BCUT2D eigenvalue weighted by Crippen LogP contribution is 2.36. The molecule has 1 aromatic carbocycles. The number of anilines is 1. The van der Waals surface area contributed by atoms with E-state index in [1.807, 2.05) is 0 Å². The monoisotopic (exact) mass is 474 g/mol. The van der Waals surface area contributed by atoms with E-state index in [0.29, 0.717) is 6.54 Å². The Bertz CT molecular complexity index is 1070. The molecule has 1 aromatic heterocycles. The third kappa shape index (κ3) is 6.09. The lowest BCUT2D eigenvalue weighted by molar-refractivity contribution is -0.137. The van der Waals surface area contributed by atoms with Gasteiger partial charge in [-0.1, -0.05) is 0 Å². The maximum atomic E-state index is 13.6. The maximum Gasteiger partial charge on any atom is 0.416 e. The number of ether oxygens (including phenoxy) is 1. The molecule has 1 heterocycles. The molecule has 11 heteroatoms. The van der Waals surface area contributed by atoms with Crippen LogP contribution in [0.2, 0.25) is 0 Å². The van der Waals surface area contributed by atoms with Crippen LogP contribution >= 0.6 is 0 Å². The van der Waals surface area contributed by atoms with Crippen molar-refractivity contribution in [2.24, 2.45) is 10.9 Å². The van der Waals surface area contributed by atoms with Crippen molar-refractivity contribution in [3.8, 4) is 5.75 Å². The van der Waals surface area contributed by atoms with Crippen molar-refractivity contribution in [1.29, 1.82) is 5.41 Å². The minimum Gasteiger partial charge on any atom is -0.490 e. The summed E-state index contributed by atoms with van der Waals surface area (Å²) in [6.45, 7) is 2.05. The topological polar surface area (TPSA) is 104 Å². The van der Waals surface area contributed by atoms with Crippen LogP contribution < -0.4 is 10.1 Å². The van der Waals surface area contributed by atoms with Crippen molar-refractivity contribution >= 4 is 24.0 Å². The van der Waals surface area contributed by atoms with E-state index >= 15 is 0 Å². The number of aliphatic imine (C=N–C) groups is 1. The Balaban J connectivity index is 1.65. The largest absolute Gasteiger partial charge is 0.490 e. The van der Waals surface area contributed by atoms with Gasteiger partial charge in [-0.3, -0.25) is 10.2 Å². The fourth-order valence-corrected chi connectivity index (χ4v) is 3.43. The molecule has 2 saturated carbocycles. The van der Waals surface area contributed by atoms with Gasteiger partial charge in [0.1, 0.15) is 17.9 Å². The number of amidine groups is 1. The van der Waals surface area contributed by atoms with Gasteiger partial charge in [-0.15, -0.1) is 0 Å². The van der Waals surface area contributed by atoms with Gasteiger partial charge in [-0.2, -0.15) is 13.2 Å². The number of carbonyl (C=O) groups is 1. The Kier molecular flexibility index (Phi) is 6.80. The molecule has 0 saturated heterocycles. The zero-order chi connectivity index (χ0) is 24.3. The second-order valence-electron chi connectivity index (χ2n) is 8.48. The molecule has 1 unspecified atom stereocenters. The molecule has 0 aliphatic heterocycles. The number of carbonyl (C=O) groups excluding carboxylic acids is 1. The van der Waals surface area contributed by atoms with Crippen LogP contribution in [0.4, 0.5) is 19.1 Å². The summed E-state index contributed by atoms with van der Waals surface area (Å²) in [6.07, 6.45) is 2.56. The molecule has 2 aliphatic rings. The van der Waals surface area contributed by atoms with Gasteiger partial charge in [-0.25, -0.2) is 15.0 Å². The SMILES string of the molecule is CC(/C(=N/C=N)Nc1ncccn1)N(CC1CC1)C(=O)c1cc(OC2CC2)cc(C(F)(F)F)c1. The number of amides is 1. The van der Waals surface area contributed by atoms with E-state index < -0.39 is 23.7 Å². The van der Waals surface area contributed by atoms with E-state index in [-0.39, 0.29) is 35.1 Å². The van der Waals surface area contributed by atoms with E-state index in [2.05, 4.69) is 20.3 Å². The van der Waals surface area contributed by atoms with Crippen LogP contribution in [0.15, 0.2) is 41.7 Å². The molecule has 4 rings (SSSR count). The van der Waals surface area contributed by atoms with Crippen molar-refractivity contribution < 1.29 is 22.7 Å². The molecule has 1 atom stereocenters. The second kappa shape index (κ2) is 9.78. The van der Waals surface area contributed by atoms with Gasteiger partial charge < -0.3 is 15.0 Å². The lowest BCUT2D eigenvalue weighted by Gasteiger charge is -2.30. The third-order valence-electron chi connectivity index (χ3n) is 5.59.